The minimum Gasteiger partial charge on any atom is -0.331 e. The van der Waals surface area contributed by atoms with Gasteiger partial charge in [-0.25, -0.2) is 0 Å². The number of thiophene rings is 1. The third-order valence-corrected chi connectivity index (χ3v) is 6.93. The van der Waals surface area contributed by atoms with Gasteiger partial charge in [-0.2, -0.15) is 0 Å². The molecule has 0 N–H and O–H groups in total. The van der Waals surface area contributed by atoms with E-state index >= 15 is 0 Å². The van der Waals surface area contributed by atoms with Gasteiger partial charge < -0.3 is 9.80 Å². The molecule has 30 heavy (non-hydrogen) atoms. The summed E-state index contributed by atoms with van der Waals surface area (Å²) in [6.07, 6.45) is 0.801. The number of carbonyl (C=O) groups excluding carboxylic acids is 2. The molecule has 1 aromatic heterocycles. The predicted octanol–water partition coefficient (Wildman–Crippen LogP) is 5.81. The summed E-state index contributed by atoms with van der Waals surface area (Å²) in [6, 6.07) is 7.12. The van der Waals surface area contributed by atoms with Crippen molar-refractivity contribution in [1.29, 1.82) is 0 Å². The second-order valence-corrected chi connectivity index (χ2v) is 10.8. The van der Waals surface area contributed by atoms with E-state index in [1.165, 1.54) is 4.88 Å². The van der Waals surface area contributed by atoms with Gasteiger partial charge in [-0.15, -0.1) is 11.3 Å². The van der Waals surface area contributed by atoms with Crippen LogP contribution >= 0.6 is 34.5 Å². The molecule has 1 aromatic carbocycles. The Hall–Kier alpha value is -1.56. The maximum atomic E-state index is 13.5. The first-order valence-electron chi connectivity index (χ1n) is 10.1. The van der Waals surface area contributed by atoms with Crippen LogP contribution in [-0.4, -0.2) is 40.7 Å². The molecule has 1 unspecified atom stereocenters. The molecule has 162 valence electrons. The fraction of sp³-hybridized carbons (Fsp3) is 0.478. The highest BCUT2D eigenvalue weighted by Gasteiger charge is 2.37. The predicted molar refractivity (Wildman–Crippen MR) is 124 cm³/mol. The summed E-state index contributed by atoms with van der Waals surface area (Å²) in [5.74, 6) is -0.102. The van der Waals surface area contributed by atoms with E-state index in [1.54, 1.807) is 28.4 Å². The summed E-state index contributed by atoms with van der Waals surface area (Å²) in [4.78, 5) is 31.2. The molecule has 2 amide bonds. The average Bonchev–Trinajstić information content (AvgIpc) is 3.13. The second kappa shape index (κ2) is 8.89. The van der Waals surface area contributed by atoms with Crippen molar-refractivity contribution < 1.29 is 9.59 Å². The highest BCUT2D eigenvalue weighted by molar-refractivity contribution is 7.10. The van der Waals surface area contributed by atoms with E-state index in [0.717, 1.165) is 17.5 Å². The van der Waals surface area contributed by atoms with E-state index < -0.39 is 5.41 Å². The Morgan fingerprint density at radius 1 is 1.20 bits per heavy atom. The van der Waals surface area contributed by atoms with Crippen LogP contribution in [-0.2, 0) is 16.0 Å². The number of nitrogens with zero attached hydrogens (tertiary/aromatic N) is 2. The van der Waals surface area contributed by atoms with Gasteiger partial charge in [0.25, 0.3) is 0 Å². The second-order valence-electron chi connectivity index (χ2n) is 8.98. The molecule has 0 aliphatic carbocycles. The van der Waals surface area contributed by atoms with E-state index in [2.05, 4.69) is 11.4 Å². The van der Waals surface area contributed by atoms with Crippen molar-refractivity contribution in [2.24, 2.45) is 5.41 Å². The standard InChI is InChI=1S/C23H28Cl2N2O2S/c1-14(2)27(22(29)23(3,4)5)13-20(28)26-10-8-19-17(9-11-30-19)21(26)16-7-6-15(24)12-18(16)25/h6-7,9,11-12,14,21H,8,10,13H2,1-5H3. The summed E-state index contributed by atoms with van der Waals surface area (Å²) < 4.78 is 0. The lowest BCUT2D eigenvalue weighted by Gasteiger charge is -2.39. The molecule has 0 spiro atoms. The van der Waals surface area contributed by atoms with Crippen LogP contribution in [0.3, 0.4) is 0 Å². The number of amides is 2. The van der Waals surface area contributed by atoms with Crippen molar-refractivity contribution in [1.82, 2.24) is 9.80 Å². The Balaban J connectivity index is 1.96. The van der Waals surface area contributed by atoms with Gasteiger partial charge in [0.05, 0.1) is 6.04 Å². The molecule has 0 saturated carbocycles. The van der Waals surface area contributed by atoms with Crippen LogP contribution in [0.2, 0.25) is 10.0 Å². The minimum absolute atomic E-state index is 0.0276. The van der Waals surface area contributed by atoms with E-state index in [9.17, 15) is 9.59 Å². The first kappa shape index (κ1) is 23.1. The maximum absolute atomic E-state index is 13.5. The molecule has 1 atom stereocenters. The molecule has 2 aromatic rings. The smallest absolute Gasteiger partial charge is 0.243 e. The van der Waals surface area contributed by atoms with Gasteiger partial charge in [-0.1, -0.05) is 50.0 Å². The number of benzene rings is 1. The van der Waals surface area contributed by atoms with E-state index in [-0.39, 0.29) is 30.4 Å². The number of halogens is 2. The molecule has 1 aliphatic heterocycles. The van der Waals surface area contributed by atoms with Crippen molar-refractivity contribution in [3.05, 3.63) is 55.7 Å². The van der Waals surface area contributed by atoms with Gasteiger partial charge in [0.15, 0.2) is 0 Å². The zero-order chi connectivity index (χ0) is 22.2. The minimum atomic E-state index is -0.550. The molecule has 1 aliphatic rings. The Morgan fingerprint density at radius 3 is 2.50 bits per heavy atom. The lowest BCUT2D eigenvalue weighted by Crippen LogP contribution is -2.51. The van der Waals surface area contributed by atoms with Gasteiger partial charge in [-0.05, 0) is 55.0 Å². The van der Waals surface area contributed by atoms with Crippen LogP contribution < -0.4 is 0 Å². The van der Waals surface area contributed by atoms with Crippen molar-refractivity contribution in [2.45, 2.75) is 53.1 Å². The SMILES string of the molecule is CC(C)N(CC(=O)N1CCc2sccc2C1c1ccc(Cl)cc1Cl)C(=O)C(C)(C)C. The fourth-order valence-electron chi connectivity index (χ4n) is 3.80. The van der Waals surface area contributed by atoms with E-state index in [4.69, 9.17) is 23.2 Å². The molecule has 7 heteroatoms. The number of rotatable bonds is 4. The summed E-state index contributed by atoms with van der Waals surface area (Å²) in [6.45, 7) is 10.2. The molecular formula is C23H28Cl2N2O2S. The largest absolute Gasteiger partial charge is 0.331 e. The van der Waals surface area contributed by atoms with Crippen LogP contribution in [0.1, 0.15) is 56.7 Å². The first-order chi connectivity index (χ1) is 14.0. The lowest BCUT2D eigenvalue weighted by atomic mass is 9.92. The number of hydrogen-bond donors (Lipinski definition) is 0. The highest BCUT2D eigenvalue weighted by atomic mass is 35.5. The Kier molecular flexibility index (Phi) is 6.85. The van der Waals surface area contributed by atoms with Gasteiger partial charge in [0.1, 0.15) is 6.54 Å². The summed E-state index contributed by atoms with van der Waals surface area (Å²) >= 11 is 14.4. The molecule has 0 bridgehead atoms. The monoisotopic (exact) mass is 466 g/mol. The van der Waals surface area contributed by atoms with Crippen molar-refractivity contribution in [3.63, 3.8) is 0 Å². The van der Waals surface area contributed by atoms with Gasteiger partial charge >= 0.3 is 0 Å². The molecule has 0 fully saturated rings. The van der Waals surface area contributed by atoms with Crippen LogP contribution in [0.5, 0.6) is 0 Å². The topological polar surface area (TPSA) is 40.6 Å². The zero-order valence-electron chi connectivity index (χ0n) is 18.0. The molecular weight excluding hydrogens is 439 g/mol. The number of hydrogen-bond acceptors (Lipinski definition) is 3. The normalized spacial score (nSPS) is 16.5. The fourth-order valence-corrected chi connectivity index (χ4v) is 5.22. The summed E-state index contributed by atoms with van der Waals surface area (Å²) in [5, 5.41) is 3.15. The summed E-state index contributed by atoms with van der Waals surface area (Å²) in [5.41, 5.74) is 1.40. The van der Waals surface area contributed by atoms with Gasteiger partial charge in [-0.3, -0.25) is 9.59 Å². The Morgan fingerprint density at radius 2 is 1.90 bits per heavy atom. The molecule has 3 rings (SSSR count). The van der Waals surface area contributed by atoms with Crippen LogP contribution in [0.25, 0.3) is 0 Å². The van der Waals surface area contributed by atoms with Crippen molar-refractivity contribution in [3.8, 4) is 0 Å². The van der Waals surface area contributed by atoms with Crippen LogP contribution in [0, 0.1) is 5.41 Å². The van der Waals surface area contributed by atoms with E-state index in [0.29, 0.717) is 16.6 Å². The van der Waals surface area contributed by atoms with E-state index in [1.807, 2.05) is 45.6 Å². The van der Waals surface area contributed by atoms with Crippen LogP contribution in [0.4, 0.5) is 0 Å². The van der Waals surface area contributed by atoms with Crippen LogP contribution in [0.15, 0.2) is 29.6 Å². The molecule has 2 heterocycles. The van der Waals surface area contributed by atoms with Gasteiger partial charge in [0.2, 0.25) is 11.8 Å². The van der Waals surface area contributed by atoms with Crippen molar-refractivity contribution >= 4 is 46.4 Å². The molecule has 4 nitrogen and oxygen atoms in total. The Labute approximate surface area is 192 Å². The zero-order valence-corrected chi connectivity index (χ0v) is 20.4. The number of fused-ring (bicyclic) bond motifs is 1. The first-order valence-corrected chi connectivity index (χ1v) is 11.8. The quantitative estimate of drug-likeness (QED) is 0.569. The highest BCUT2D eigenvalue weighted by Crippen LogP contribution is 2.41. The lowest BCUT2D eigenvalue weighted by molar-refractivity contribution is -0.148. The average molecular weight is 467 g/mol. The molecule has 0 radical (unpaired) electrons. The van der Waals surface area contributed by atoms with Gasteiger partial charge in [0, 0.05) is 32.9 Å². The Bertz CT molecular complexity index is 949. The third kappa shape index (κ3) is 4.68. The third-order valence-electron chi connectivity index (χ3n) is 5.37. The number of carbonyl (C=O) groups is 2. The maximum Gasteiger partial charge on any atom is 0.243 e. The summed E-state index contributed by atoms with van der Waals surface area (Å²) in [7, 11) is 0. The van der Waals surface area contributed by atoms with Crippen molar-refractivity contribution in [2.75, 3.05) is 13.1 Å². The molecule has 0 saturated heterocycles.